The Balaban J connectivity index is 1.31. The third kappa shape index (κ3) is 5.24. The van der Waals surface area contributed by atoms with Crippen LogP contribution in [0.2, 0.25) is 0 Å². The van der Waals surface area contributed by atoms with E-state index in [1.807, 2.05) is 0 Å². The Hall–Kier alpha value is -3.20. The minimum atomic E-state index is -0.471. The topological polar surface area (TPSA) is 79.9 Å². The lowest BCUT2D eigenvalue weighted by Crippen LogP contribution is -2.55. The number of halogens is 2. The smallest absolute Gasteiger partial charge is 0.317 e. The molecule has 2 aliphatic rings. The number of anilines is 1. The fraction of sp³-hybridized carbons (Fsp3) is 0.417. The van der Waals surface area contributed by atoms with Gasteiger partial charge in [-0.15, -0.1) is 0 Å². The molecule has 0 saturated carbocycles. The van der Waals surface area contributed by atoms with Crippen molar-refractivity contribution in [2.24, 2.45) is 0 Å². The second kappa shape index (κ2) is 9.74. The van der Waals surface area contributed by atoms with Crippen LogP contribution in [0.3, 0.4) is 0 Å². The first kappa shape index (κ1) is 23.0. The van der Waals surface area contributed by atoms with Gasteiger partial charge in [0.15, 0.2) is 17.3 Å². The van der Waals surface area contributed by atoms with Crippen LogP contribution in [-0.2, 0) is 11.3 Å². The van der Waals surface area contributed by atoms with Crippen molar-refractivity contribution in [2.75, 3.05) is 38.7 Å². The van der Waals surface area contributed by atoms with Crippen molar-refractivity contribution in [3.8, 4) is 5.75 Å². The van der Waals surface area contributed by atoms with Crippen molar-refractivity contribution < 1.29 is 27.8 Å². The van der Waals surface area contributed by atoms with E-state index >= 15 is 0 Å². The zero-order chi connectivity index (χ0) is 23.4. The lowest BCUT2D eigenvalue weighted by atomic mass is 9.78. The highest BCUT2D eigenvalue weighted by atomic mass is 19.1. The van der Waals surface area contributed by atoms with Crippen molar-refractivity contribution in [1.82, 2.24) is 10.2 Å². The minimum absolute atomic E-state index is 0.0824. The number of piperidine rings is 1. The van der Waals surface area contributed by atoms with Gasteiger partial charge in [-0.05, 0) is 48.7 Å². The van der Waals surface area contributed by atoms with E-state index in [4.69, 9.17) is 9.47 Å². The normalized spacial score (nSPS) is 16.8. The van der Waals surface area contributed by atoms with E-state index in [1.54, 1.807) is 23.1 Å². The van der Waals surface area contributed by atoms with Crippen LogP contribution in [-0.4, -0.2) is 55.7 Å². The standard InChI is InChI=1S/C24H27F2N3O4/c1-32-10-11-33-22-12-16(2-4-19(22)26)15-27-23(31)29-8-6-24(7-9-29)14-21(30)18-13-17(25)3-5-20(18)28-24/h2-5,12-13,28H,6-11,14-15H2,1H3,(H,27,31). The molecule has 7 nitrogen and oxygen atoms in total. The van der Waals surface area contributed by atoms with Crippen molar-refractivity contribution in [2.45, 2.75) is 31.3 Å². The van der Waals surface area contributed by atoms with E-state index in [9.17, 15) is 18.4 Å². The average molecular weight is 459 g/mol. The molecule has 2 aliphatic heterocycles. The number of nitrogens with zero attached hydrogens (tertiary/aromatic N) is 1. The van der Waals surface area contributed by atoms with Crippen LogP contribution in [0.25, 0.3) is 0 Å². The summed E-state index contributed by atoms with van der Waals surface area (Å²) in [6.45, 7) is 1.78. The Morgan fingerprint density at radius 1 is 1.15 bits per heavy atom. The number of urea groups is 1. The maximum Gasteiger partial charge on any atom is 0.317 e. The Morgan fingerprint density at radius 3 is 2.70 bits per heavy atom. The van der Waals surface area contributed by atoms with Gasteiger partial charge in [0.25, 0.3) is 0 Å². The second-order valence-electron chi connectivity index (χ2n) is 8.45. The number of hydrogen-bond donors (Lipinski definition) is 2. The zero-order valence-electron chi connectivity index (χ0n) is 18.5. The summed E-state index contributed by atoms with van der Waals surface area (Å²) in [7, 11) is 1.54. The average Bonchev–Trinajstić information content (AvgIpc) is 2.80. The quantitative estimate of drug-likeness (QED) is 0.644. The van der Waals surface area contributed by atoms with Crippen LogP contribution in [0.5, 0.6) is 5.75 Å². The molecule has 2 heterocycles. The van der Waals surface area contributed by atoms with E-state index in [2.05, 4.69) is 10.6 Å². The van der Waals surface area contributed by atoms with Crippen molar-refractivity contribution in [1.29, 1.82) is 0 Å². The summed E-state index contributed by atoms with van der Waals surface area (Å²) in [4.78, 5) is 27.0. The van der Waals surface area contributed by atoms with Gasteiger partial charge < -0.3 is 25.0 Å². The molecule has 0 unspecified atom stereocenters. The molecule has 0 radical (unpaired) electrons. The highest BCUT2D eigenvalue weighted by molar-refractivity contribution is 6.04. The zero-order valence-corrected chi connectivity index (χ0v) is 18.5. The Kier molecular flexibility index (Phi) is 6.78. The molecule has 0 atom stereocenters. The number of Topliss-reactive ketones (excluding diaryl/α,β-unsaturated/α-hetero) is 1. The summed E-state index contributed by atoms with van der Waals surface area (Å²) in [5.41, 5.74) is 1.31. The molecule has 0 bridgehead atoms. The molecule has 0 aromatic heterocycles. The highest BCUT2D eigenvalue weighted by Gasteiger charge is 2.41. The third-order valence-corrected chi connectivity index (χ3v) is 6.17. The lowest BCUT2D eigenvalue weighted by Gasteiger charge is -2.45. The van der Waals surface area contributed by atoms with Crippen molar-refractivity contribution in [3.05, 3.63) is 59.2 Å². The number of likely N-dealkylation sites (tertiary alicyclic amines) is 1. The number of benzene rings is 2. The molecule has 2 amide bonds. The van der Waals surface area contributed by atoms with E-state index in [0.717, 1.165) is 0 Å². The summed E-state index contributed by atoms with van der Waals surface area (Å²) < 4.78 is 37.6. The highest BCUT2D eigenvalue weighted by Crippen LogP contribution is 2.37. The molecule has 2 aromatic rings. The van der Waals surface area contributed by atoms with Gasteiger partial charge in [0.2, 0.25) is 0 Å². The van der Waals surface area contributed by atoms with Crippen molar-refractivity contribution >= 4 is 17.5 Å². The minimum Gasteiger partial charge on any atom is -0.488 e. The Labute approximate surface area is 191 Å². The Bertz CT molecular complexity index is 1040. The van der Waals surface area contributed by atoms with Crippen LogP contribution >= 0.6 is 0 Å². The van der Waals surface area contributed by atoms with Crippen LogP contribution in [0.4, 0.5) is 19.3 Å². The first-order chi connectivity index (χ1) is 15.9. The van der Waals surface area contributed by atoms with Gasteiger partial charge in [-0.2, -0.15) is 0 Å². The van der Waals surface area contributed by atoms with Crippen LogP contribution in [0.15, 0.2) is 36.4 Å². The second-order valence-corrected chi connectivity index (χ2v) is 8.45. The first-order valence-corrected chi connectivity index (χ1v) is 10.9. The molecular weight excluding hydrogens is 432 g/mol. The van der Waals surface area contributed by atoms with Crippen molar-refractivity contribution in [3.63, 3.8) is 0 Å². The number of amides is 2. The van der Waals surface area contributed by atoms with E-state index < -0.39 is 17.2 Å². The summed E-state index contributed by atoms with van der Waals surface area (Å²) in [6.07, 6.45) is 1.49. The molecule has 33 heavy (non-hydrogen) atoms. The predicted octanol–water partition coefficient (Wildman–Crippen LogP) is 3.73. The van der Waals surface area contributed by atoms with Gasteiger partial charge in [0.1, 0.15) is 12.4 Å². The van der Waals surface area contributed by atoms with Gasteiger partial charge in [-0.25, -0.2) is 13.6 Å². The predicted molar refractivity (Wildman–Crippen MR) is 119 cm³/mol. The molecule has 1 fully saturated rings. The molecule has 1 spiro atoms. The molecule has 2 N–H and O–H groups in total. The molecule has 4 rings (SSSR count). The number of methoxy groups -OCH3 is 1. The van der Waals surface area contributed by atoms with Gasteiger partial charge in [0.05, 0.1) is 6.61 Å². The molecule has 0 aliphatic carbocycles. The number of ketones is 1. The van der Waals surface area contributed by atoms with Gasteiger partial charge in [-0.1, -0.05) is 6.07 Å². The maximum atomic E-state index is 13.9. The number of carbonyl (C=O) groups is 2. The maximum absolute atomic E-state index is 13.9. The first-order valence-electron chi connectivity index (χ1n) is 10.9. The third-order valence-electron chi connectivity index (χ3n) is 6.17. The molecule has 1 saturated heterocycles. The number of nitrogens with one attached hydrogen (secondary N) is 2. The number of rotatable bonds is 6. The monoisotopic (exact) mass is 459 g/mol. The number of ether oxygens (including phenoxy) is 2. The SMILES string of the molecule is COCCOc1cc(CNC(=O)N2CCC3(CC2)CC(=O)c2cc(F)ccc2N3)ccc1F. The van der Waals surface area contributed by atoms with Crippen LogP contribution in [0, 0.1) is 11.6 Å². The molecule has 2 aromatic carbocycles. The fourth-order valence-electron chi connectivity index (χ4n) is 4.32. The Morgan fingerprint density at radius 2 is 1.94 bits per heavy atom. The van der Waals surface area contributed by atoms with E-state index in [-0.39, 0.29) is 37.1 Å². The fourth-order valence-corrected chi connectivity index (χ4v) is 4.32. The number of hydrogen-bond acceptors (Lipinski definition) is 5. The summed E-state index contributed by atoms with van der Waals surface area (Å²) >= 11 is 0. The van der Waals surface area contributed by atoms with Gasteiger partial charge >= 0.3 is 6.03 Å². The summed E-state index contributed by atoms with van der Waals surface area (Å²) in [5, 5.41) is 6.28. The number of fused-ring (bicyclic) bond motifs is 1. The lowest BCUT2D eigenvalue weighted by molar-refractivity contribution is 0.0915. The summed E-state index contributed by atoms with van der Waals surface area (Å²) in [6, 6.07) is 8.45. The van der Waals surface area contributed by atoms with Crippen LogP contribution < -0.4 is 15.4 Å². The van der Waals surface area contributed by atoms with Crippen LogP contribution in [0.1, 0.15) is 35.2 Å². The summed E-state index contributed by atoms with van der Waals surface area (Å²) in [5.74, 6) is -0.865. The number of carbonyl (C=O) groups excluding carboxylic acids is 2. The van der Waals surface area contributed by atoms with Gasteiger partial charge in [0, 0.05) is 50.0 Å². The molecule has 176 valence electrons. The largest absolute Gasteiger partial charge is 0.488 e. The van der Waals surface area contributed by atoms with E-state index in [0.29, 0.717) is 49.4 Å². The van der Waals surface area contributed by atoms with Gasteiger partial charge in [-0.3, -0.25) is 4.79 Å². The molecule has 9 heteroatoms. The molecular formula is C24H27F2N3O4. The van der Waals surface area contributed by atoms with E-state index in [1.165, 1.54) is 25.3 Å².